The van der Waals surface area contributed by atoms with E-state index < -0.39 is 12.0 Å². The molecular formula is C22H24ClNO5. The molecule has 154 valence electrons. The lowest BCUT2D eigenvalue weighted by Gasteiger charge is -2.13. The van der Waals surface area contributed by atoms with Gasteiger partial charge in [-0.25, -0.2) is 0 Å². The van der Waals surface area contributed by atoms with Crippen molar-refractivity contribution in [2.75, 3.05) is 26.9 Å². The zero-order valence-corrected chi connectivity index (χ0v) is 16.9. The molecule has 2 aromatic carbocycles. The zero-order valence-electron chi connectivity index (χ0n) is 16.2. The number of rotatable bonds is 11. The molecule has 2 aromatic rings. The lowest BCUT2D eigenvalue weighted by Crippen LogP contribution is -2.38. The topological polar surface area (TPSA) is 77.0 Å². The standard InChI is InChI=1S/C22H24ClNO5/c1-3-12-29-20-9-6-16(13-21(20)27-2)10-11-24-22(26)19(25)15-28-14-17-4-7-18(23)8-5-17/h1,4-9,13,19,25H,10-12,14-15H2,2H3,(H,24,26). The molecule has 6 nitrogen and oxygen atoms in total. The summed E-state index contributed by atoms with van der Waals surface area (Å²) in [5.41, 5.74) is 1.86. The fourth-order valence-electron chi connectivity index (χ4n) is 2.50. The molecule has 0 aliphatic rings. The fraction of sp³-hybridized carbons (Fsp3) is 0.318. The number of hydrogen-bond acceptors (Lipinski definition) is 5. The van der Waals surface area contributed by atoms with E-state index in [0.29, 0.717) is 29.5 Å². The SMILES string of the molecule is C#CCOc1ccc(CCNC(=O)C(O)COCc2ccc(Cl)cc2)cc1OC. The number of aliphatic hydroxyl groups excluding tert-OH is 1. The van der Waals surface area contributed by atoms with E-state index in [9.17, 15) is 9.90 Å². The van der Waals surface area contributed by atoms with Crippen molar-refractivity contribution in [1.82, 2.24) is 5.32 Å². The number of amides is 1. The maximum atomic E-state index is 12.0. The van der Waals surface area contributed by atoms with Crippen LogP contribution in [0.15, 0.2) is 42.5 Å². The molecular weight excluding hydrogens is 394 g/mol. The van der Waals surface area contributed by atoms with E-state index >= 15 is 0 Å². The Bertz CT molecular complexity index is 832. The molecule has 2 N–H and O–H groups in total. The summed E-state index contributed by atoms with van der Waals surface area (Å²) < 4.78 is 16.1. The van der Waals surface area contributed by atoms with Gasteiger partial charge in [-0.15, -0.1) is 6.42 Å². The lowest BCUT2D eigenvalue weighted by atomic mass is 10.1. The molecule has 0 aliphatic heterocycles. The first-order chi connectivity index (χ1) is 14.0. The number of nitrogens with one attached hydrogen (secondary N) is 1. The number of methoxy groups -OCH3 is 1. The highest BCUT2D eigenvalue weighted by Gasteiger charge is 2.15. The van der Waals surface area contributed by atoms with Crippen LogP contribution in [0, 0.1) is 12.3 Å². The Morgan fingerprint density at radius 1 is 1.21 bits per heavy atom. The molecule has 0 fully saturated rings. The molecule has 2 rings (SSSR count). The zero-order chi connectivity index (χ0) is 21.1. The Morgan fingerprint density at radius 2 is 1.93 bits per heavy atom. The predicted molar refractivity (Wildman–Crippen MR) is 111 cm³/mol. The predicted octanol–water partition coefficient (Wildman–Crippen LogP) is 2.60. The third-order valence-corrected chi connectivity index (χ3v) is 4.26. The molecule has 0 saturated carbocycles. The minimum absolute atomic E-state index is 0.0938. The van der Waals surface area contributed by atoms with Gasteiger partial charge in [-0.05, 0) is 41.8 Å². The Kier molecular flexibility index (Phi) is 9.32. The number of halogens is 1. The summed E-state index contributed by atoms with van der Waals surface area (Å²) in [5, 5.41) is 13.3. The number of benzene rings is 2. The van der Waals surface area contributed by atoms with Crippen LogP contribution in [0.3, 0.4) is 0 Å². The highest BCUT2D eigenvalue weighted by molar-refractivity contribution is 6.30. The van der Waals surface area contributed by atoms with Crippen LogP contribution in [0.25, 0.3) is 0 Å². The van der Waals surface area contributed by atoms with Gasteiger partial charge in [-0.3, -0.25) is 4.79 Å². The van der Waals surface area contributed by atoms with Gasteiger partial charge in [-0.1, -0.05) is 35.7 Å². The van der Waals surface area contributed by atoms with E-state index in [4.69, 9.17) is 32.2 Å². The first kappa shape index (κ1) is 22.6. The Hall–Kier alpha value is -2.72. The van der Waals surface area contributed by atoms with Crippen LogP contribution in [0.1, 0.15) is 11.1 Å². The number of hydrogen-bond donors (Lipinski definition) is 2. The molecule has 0 radical (unpaired) electrons. The van der Waals surface area contributed by atoms with Crippen LogP contribution in [0.2, 0.25) is 5.02 Å². The van der Waals surface area contributed by atoms with Crippen molar-refractivity contribution in [1.29, 1.82) is 0 Å². The van der Waals surface area contributed by atoms with Gasteiger partial charge < -0.3 is 24.6 Å². The van der Waals surface area contributed by atoms with Crippen LogP contribution in [0.5, 0.6) is 11.5 Å². The minimum Gasteiger partial charge on any atom is -0.493 e. The Labute approximate surface area is 175 Å². The van der Waals surface area contributed by atoms with Gasteiger partial charge in [0.1, 0.15) is 6.61 Å². The third kappa shape index (κ3) is 7.66. The van der Waals surface area contributed by atoms with Crippen molar-refractivity contribution < 1.29 is 24.1 Å². The summed E-state index contributed by atoms with van der Waals surface area (Å²) in [4.78, 5) is 12.0. The second-order valence-corrected chi connectivity index (χ2v) is 6.61. The van der Waals surface area contributed by atoms with Gasteiger partial charge in [0, 0.05) is 11.6 Å². The quantitative estimate of drug-likeness (QED) is 0.549. The highest BCUT2D eigenvalue weighted by atomic mass is 35.5. The van der Waals surface area contributed by atoms with Crippen LogP contribution < -0.4 is 14.8 Å². The number of ether oxygens (including phenoxy) is 3. The third-order valence-electron chi connectivity index (χ3n) is 4.01. The van der Waals surface area contributed by atoms with Crippen molar-refractivity contribution in [3.05, 3.63) is 58.6 Å². The lowest BCUT2D eigenvalue weighted by molar-refractivity contribution is -0.132. The summed E-state index contributed by atoms with van der Waals surface area (Å²) in [6.45, 7) is 0.712. The second-order valence-electron chi connectivity index (χ2n) is 6.18. The van der Waals surface area contributed by atoms with E-state index in [0.717, 1.165) is 11.1 Å². The van der Waals surface area contributed by atoms with Gasteiger partial charge in [-0.2, -0.15) is 0 Å². The van der Waals surface area contributed by atoms with E-state index in [1.165, 1.54) is 0 Å². The molecule has 0 aromatic heterocycles. The second kappa shape index (κ2) is 12.0. The molecule has 0 spiro atoms. The van der Waals surface area contributed by atoms with Gasteiger partial charge >= 0.3 is 0 Å². The molecule has 29 heavy (non-hydrogen) atoms. The Balaban J connectivity index is 1.72. The first-order valence-electron chi connectivity index (χ1n) is 9.04. The molecule has 0 saturated heterocycles. The van der Waals surface area contributed by atoms with Crippen molar-refractivity contribution >= 4 is 17.5 Å². The number of terminal acetylenes is 1. The van der Waals surface area contributed by atoms with Crippen molar-refractivity contribution in [3.63, 3.8) is 0 Å². The molecule has 1 amide bonds. The summed E-state index contributed by atoms with van der Waals surface area (Å²) >= 11 is 5.82. The van der Waals surface area contributed by atoms with E-state index in [1.807, 2.05) is 24.3 Å². The highest BCUT2D eigenvalue weighted by Crippen LogP contribution is 2.28. The van der Waals surface area contributed by atoms with Crippen LogP contribution in [0.4, 0.5) is 0 Å². The normalized spacial score (nSPS) is 11.4. The van der Waals surface area contributed by atoms with Gasteiger partial charge in [0.05, 0.1) is 20.3 Å². The monoisotopic (exact) mass is 417 g/mol. The van der Waals surface area contributed by atoms with Crippen LogP contribution in [-0.2, 0) is 22.6 Å². The van der Waals surface area contributed by atoms with Gasteiger partial charge in [0.2, 0.25) is 0 Å². The largest absolute Gasteiger partial charge is 0.493 e. The smallest absolute Gasteiger partial charge is 0.251 e. The van der Waals surface area contributed by atoms with Crippen molar-refractivity contribution in [3.8, 4) is 23.8 Å². The molecule has 0 heterocycles. The van der Waals surface area contributed by atoms with E-state index in [2.05, 4.69) is 11.2 Å². The fourth-order valence-corrected chi connectivity index (χ4v) is 2.62. The number of carbonyl (C=O) groups is 1. The van der Waals surface area contributed by atoms with Crippen LogP contribution >= 0.6 is 11.6 Å². The summed E-state index contributed by atoms with van der Waals surface area (Å²) in [6.07, 6.45) is 4.52. The Morgan fingerprint density at radius 3 is 2.62 bits per heavy atom. The molecule has 0 aliphatic carbocycles. The summed E-state index contributed by atoms with van der Waals surface area (Å²) in [7, 11) is 1.55. The van der Waals surface area contributed by atoms with Gasteiger partial charge in [0.25, 0.3) is 5.91 Å². The molecule has 1 unspecified atom stereocenters. The number of carbonyl (C=O) groups excluding carboxylic acids is 1. The number of aliphatic hydroxyl groups is 1. The van der Waals surface area contributed by atoms with E-state index in [1.54, 1.807) is 25.3 Å². The molecule has 0 bridgehead atoms. The summed E-state index contributed by atoms with van der Waals surface area (Å²) in [5.74, 6) is 3.05. The summed E-state index contributed by atoms with van der Waals surface area (Å²) in [6, 6.07) is 12.6. The first-order valence-corrected chi connectivity index (χ1v) is 9.42. The van der Waals surface area contributed by atoms with Crippen LogP contribution in [-0.4, -0.2) is 44.0 Å². The average Bonchev–Trinajstić information content (AvgIpc) is 2.73. The van der Waals surface area contributed by atoms with Crippen molar-refractivity contribution in [2.24, 2.45) is 0 Å². The maximum absolute atomic E-state index is 12.0. The average molecular weight is 418 g/mol. The van der Waals surface area contributed by atoms with E-state index in [-0.39, 0.29) is 19.8 Å². The molecule has 7 heteroatoms. The van der Waals surface area contributed by atoms with Gasteiger partial charge in [0.15, 0.2) is 17.6 Å². The maximum Gasteiger partial charge on any atom is 0.251 e. The molecule has 1 atom stereocenters. The minimum atomic E-state index is -1.24. The van der Waals surface area contributed by atoms with Crippen molar-refractivity contribution in [2.45, 2.75) is 19.1 Å².